The van der Waals surface area contributed by atoms with Crippen molar-refractivity contribution < 1.29 is 4.74 Å². The number of benzene rings is 1. The summed E-state index contributed by atoms with van der Waals surface area (Å²) >= 11 is 6.11. The second-order valence-electron chi connectivity index (χ2n) is 4.77. The lowest BCUT2D eigenvalue weighted by Crippen LogP contribution is -2.42. The minimum atomic E-state index is 0.309. The van der Waals surface area contributed by atoms with Crippen LogP contribution in [0, 0.1) is 0 Å². The summed E-state index contributed by atoms with van der Waals surface area (Å²) in [5.74, 6) is 1.04. The van der Waals surface area contributed by atoms with Crippen molar-refractivity contribution in [1.82, 2.24) is 5.32 Å². The number of ether oxygens (including phenoxy) is 1. The van der Waals surface area contributed by atoms with Crippen LogP contribution in [0.15, 0.2) is 18.2 Å². The molecule has 1 N–H and O–H groups in total. The second-order valence-corrected chi connectivity index (χ2v) is 5.21. The van der Waals surface area contributed by atoms with Crippen LogP contribution in [-0.2, 0) is 5.41 Å². The number of rotatable bonds is 0. The van der Waals surface area contributed by atoms with Crippen molar-refractivity contribution in [3.63, 3.8) is 0 Å². The van der Waals surface area contributed by atoms with Crippen LogP contribution in [-0.4, -0.2) is 19.7 Å². The van der Waals surface area contributed by atoms with Crippen molar-refractivity contribution in [2.24, 2.45) is 0 Å². The van der Waals surface area contributed by atoms with Crippen LogP contribution in [0.25, 0.3) is 0 Å². The molecule has 0 unspecified atom stereocenters. The maximum Gasteiger partial charge on any atom is 0.123 e. The second kappa shape index (κ2) is 3.94. The van der Waals surface area contributed by atoms with Gasteiger partial charge in [0, 0.05) is 16.0 Å². The standard InChI is InChI=1S/C13H16ClNO/c14-10-1-2-12-11(9-10)13(5-8-16-12)3-6-15-7-4-13/h1-2,9,15H,3-8H2. The van der Waals surface area contributed by atoms with Crippen LogP contribution in [0.2, 0.25) is 5.02 Å². The third kappa shape index (κ3) is 1.61. The first kappa shape index (κ1) is 10.4. The molecule has 2 nitrogen and oxygen atoms in total. The van der Waals surface area contributed by atoms with Gasteiger partial charge in [0.1, 0.15) is 5.75 Å². The average Bonchev–Trinajstić information content (AvgIpc) is 2.32. The smallest absolute Gasteiger partial charge is 0.123 e. The van der Waals surface area contributed by atoms with E-state index >= 15 is 0 Å². The predicted octanol–water partition coefficient (Wildman–Crippen LogP) is 2.74. The van der Waals surface area contributed by atoms with Crippen LogP contribution in [0.5, 0.6) is 5.75 Å². The highest BCUT2D eigenvalue weighted by Crippen LogP contribution is 2.45. The minimum Gasteiger partial charge on any atom is -0.493 e. The number of hydrogen-bond acceptors (Lipinski definition) is 2. The van der Waals surface area contributed by atoms with Gasteiger partial charge in [-0.15, -0.1) is 0 Å². The Kier molecular flexibility index (Phi) is 2.56. The van der Waals surface area contributed by atoms with Crippen molar-refractivity contribution in [1.29, 1.82) is 0 Å². The van der Waals surface area contributed by atoms with Gasteiger partial charge in [0.05, 0.1) is 6.61 Å². The van der Waals surface area contributed by atoms with E-state index in [4.69, 9.17) is 16.3 Å². The molecule has 0 bridgehead atoms. The van der Waals surface area contributed by atoms with Crippen molar-refractivity contribution in [2.45, 2.75) is 24.7 Å². The largest absolute Gasteiger partial charge is 0.493 e. The molecular weight excluding hydrogens is 222 g/mol. The Labute approximate surface area is 101 Å². The highest BCUT2D eigenvalue weighted by Gasteiger charge is 2.38. The van der Waals surface area contributed by atoms with Gasteiger partial charge in [-0.3, -0.25) is 0 Å². The zero-order valence-electron chi connectivity index (χ0n) is 9.26. The third-order valence-corrected chi connectivity index (χ3v) is 4.15. The van der Waals surface area contributed by atoms with Gasteiger partial charge in [0.25, 0.3) is 0 Å². The van der Waals surface area contributed by atoms with Crippen LogP contribution in [0.4, 0.5) is 0 Å². The first-order valence-corrected chi connectivity index (χ1v) is 6.32. The van der Waals surface area contributed by atoms with E-state index in [1.807, 2.05) is 12.1 Å². The van der Waals surface area contributed by atoms with E-state index in [1.54, 1.807) is 0 Å². The molecule has 0 atom stereocenters. The minimum absolute atomic E-state index is 0.309. The predicted molar refractivity (Wildman–Crippen MR) is 65.3 cm³/mol. The lowest BCUT2D eigenvalue weighted by atomic mass is 9.70. The fourth-order valence-corrected chi connectivity index (χ4v) is 3.13. The number of halogens is 1. The SMILES string of the molecule is Clc1ccc2c(c1)C1(CCNCC1)CCO2. The Morgan fingerprint density at radius 3 is 2.81 bits per heavy atom. The highest BCUT2D eigenvalue weighted by molar-refractivity contribution is 6.30. The molecule has 16 heavy (non-hydrogen) atoms. The highest BCUT2D eigenvalue weighted by atomic mass is 35.5. The Morgan fingerprint density at radius 1 is 1.19 bits per heavy atom. The molecule has 1 fully saturated rings. The maximum atomic E-state index is 6.11. The molecule has 1 saturated heterocycles. The van der Waals surface area contributed by atoms with Gasteiger partial charge in [-0.05, 0) is 50.6 Å². The molecule has 2 heterocycles. The Hall–Kier alpha value is -0.730. The Morgan fingerprint density at radius 2 is 2.00 bits per heavy atom. The molecule has 1 spiro atoms. The first-order valence-electron chi connectivity index (χ1n) is 5.94. The van der Waals surface area contributed by atoms with Crippen molar-refractivity contribution >= 4 is 11.6 Å². The third-order valence-electron chi connectivity index (χ3n) is 3.91. The monoisotopic (exact) mass is 237 g/mol. The van der Waals surface area contributed by atoms with Gasteiger partial charge in [0.2, 0.25) is 0 Å². The van der Waals surface area contributed by atoms with Gasteiger partial charge in [0.15, 0.2) is 0 Å². The number of piperidine rings is 1. The molecule has 1 aromatic carbocycles. The zero-order chi connectivity index (χ0) is 11.0. The molecule has 3 rings (SSSR count). The van der Waals surface area contributed by atoms with E-state index in [-0.39, 0.29) is 0 Å². The molecule has 86 valence electrons. The van der Waals surface area contributed by atoms with Gasteiger partial charge < -0.3 is 10.1 Å². The molecule has 0 amide bonds. The first-order chi connectivity index (χ1) is 7.80. The molecule has 0 aliphatic carbocycles. The fourth-order valence-electron chi connectivity index (χ4n) is 2.96. The Balaban J connectivity index is 2.06. The normalized spacial score (nSPS) is 22.6. The van der Waals surface area contributed by atoms with Crippen LogP contribution in [0.3, 0.4) is 0 Å². The number of hydrogen-bond donors (Lipinski definition) is 1. The summed E-state index contributed by atoms with van der Waals surface area (Å²) in [6.45, 7) is 3.05. The van der Waals surface area contributed by atoms with Crippen LogP contribution < -0.4 is 10.1 Å². The summed E-state index contributed by atoms with van der Waals surface area (Å²) in [4.78, 5) is 0. The number of fused-ring (bicyclic) bond motifs is 2. The van der Waals surface area contributed by atoms with Crippen LogP contribution in [0.1, 0.15) is 24.8 Å². The van der Waals surface area contributed by atoms with E-state index in [9.17, 15) is 0 Å². The lowest BCUT2D eigenvalue weighted by molar-refractivity contribution is 0.180. The molecule has 2 aliphatic heterocycles. The van der Waals surface area contributed by atoms with E-state index in [1.165, 1.54) is 18.4 Å². The Bertz CT molecular complexity index is 399. The quantitative estimate of drug-likeness (QED) is 0.749. The molecule has 1 aromatic rings. The van der Waals surface area contributed by atoms with Gasteiger partial charge in [-0.1, -0.05) is 11.6 Å². The molecule has 0 saturated carbocycles. The summed E-state index contributed by atoms with van der Waals surface area (Å²) in [5, 5.41) is 4.25. The topological polar surface area (TPSA) is 21.3 Å². The molecule has 3 heteroatoms. The average molecular weight is 238 g/mol. The van der Waals surface area contributed by atoms with Gasteiger partial charge >= 0.3 is 0 Å². The molecule has 0 aromatic heterocycles. The van der Waals surface area contributed by atoms with Crippen molar-refractivity contribution in [2.75, 3.05) is 19.7 Å². The van der Waals surface area contributed by atoms with E-state index in [2.05, 4.69) is 11.4 Å². The zero-order valence-corrected chi connectivity index (χ0v) is 10.0. The van der Waals surface area contributed by atoms with Crippen LogP contribution >= 0.6 is 11.6 Å². The van der Waals surface area contributed by atoms with E-state index < -0.39 is 0 Å². The van der Waals surface area contributed by atoms with Crippen molar-refractivity contribution in [3.8, 4) is 5.75 Å². The maximum absolute atomic E-state index is 6.11. The summed E-state index contributed by atoms with van der Waals surface area (Å²) in [6, 6.07) is 6.03. The molecular formula is C13H16ClNO. The van der Waals surface area contributed by atoms with Crippen molar-refractivity contribution in [3.05, 3.63) is 28.8 Å². The summed E-state index contributed by atoms with van der Waals surface area (Å²) < 4.78 is 5.73. The van der Waals surface area contributed by atoms with E-state index in [0.29, 0.717) is 5.41 Å². The summed E-state index contributed by atoms with van der Waals surface area (Å²) in [6.07, 6.45) is 3.52. The number of nitrogens with one attached hydrogen (secondary N) is 1. The summed E-state index contributed by atoms with van der Waals surface area (Å²) in [5.41, 5.74) is 1.64. The van der Waals surface area contributed by atoms with Gasteiger partial charge in [-0.25, -0.2) is 0 Å². The summed E-state index contributed by atoms with van der Waals surface area (Å²) in [7, 11) is 0. The molecule has 2 aliphatic rings. The van der Waals surface area contributed by atoms with E-state index in [0.717, 1.165) is 36.9 Å². The molecule has 0 radical (unpaired) electrons. The van der Waals surface area contributed by atoms with Gasteiger partial charge in [-0.2, -0.15) is 0 Å². The lowest BCUT2D eigenvalue weighted by Gasteiger charge is -2.42. The fraction of sp³-hybridized carbons (Fsp3) is 0.538.